The molecule has 0 radical (unpaired) electrons. The quantitative estimate of drug-likeness (QED) is 0.294. The summed E-state index contributed by atoms with van der Waals surface area (Å²) in [6.45, 7) is 6.35. The van der Waals surface area contributed by atoms with E-state index in [0.717, 1.165) is 42.8 Å². The van der Waals surface area contributed by atoms with Gasteiger partial charge >= 0.3 is 0 Å². The number of unbranched alkanes of at least 4 members (excludes halogenated alkanes) is 1. The Hall–Kier alpha value is -3.59. The average molecular weight is 450 g/mol. The number of nitrogen functional groups attached to an aromatic ring is 1. The largest absolute Gasteiger partial charge is 0.492 e. The smallest absolute Gasteiger partial charge is 0.274 e. The Labute approximate surface area is 192 Å². The minimum atomic E-state index is -0.343. The summed E-state index contributed by atoms with van der Waals surface area (Å²) in [6, 6.07) is 7.91. The molecule has 3 aromatic heterocycles. The fourth-order valence-electron chi connectivity index (χ4n) is 4.21. The van der Waals surface area contributed by atoms with Crippen LogP contribution in [0.15, 0.2) is 30.5 Å². The van der Waals surface area contributed by atoms with Gasteiger partial charge in [-0.1, -0.05) is 13.3 Å². The molecule has 4 rings (SSSR count). The standard InChI is InChI=1S/C24H31N7O2/c1-3-5-6-16-17-8-7-15(33-12-10-25)13-19(17)31(4-2)20(16)14-28-24(32)21-22(26)30-23-18(29-21)9-11-27-23/h7-9,11,13H,3-6,10,12,14,25H2,1-2H3,(H,28,32)(H3,26,27,30). The van der Waals surface area contributed by atoms with Crippen molar-refractivity contribution >= 4 is 33.8 Å². The first-order valence-electron chi connectivity index (χ1n) is 11.4. The molecule has 0 aliphatic rings. The first-order chi connectivity index (χ1) is 16.1. The van der Waals surface area contributed by atoms with Crippen molar-refractivity contribution in [3.8, 4) is 5.75 Å². The van der Waals surface area contributed by atoms with Crippen molar-refractivity contribution in [1.29, 1.82) is 0 Å². The minimum Gasteiger partial charge on any atom is -0.492 e. The van der Waals surface area contributed by atoms with Gasteiger partial charge in [-0.3, -0.25) is 4.79 Å². The molecule has 174 valence electrons. The topological polar surface area (TPSA) is 137 Å². The maximum atomic E-state index is 13.0. The van der Waals surface area contributed by atoms with Crippen LogP contribution in [0.2, 0.25) is 0 Å². The van der Waals surface area contributed by atoms with Crippen LogP contribution in [-0.2, 0) is 19.5 Å². The normalized spacial score (nSPS) is 11.4. The lowest BCUT2D eigenvalue weighted by Crippen LogP contribution is -2.27. The zero-order valence-corrected chi connectivity index (χ0v) is 19.1. The van der Waals surface area contributed by atoms with Crippen LogP contribution in [0.5, 0.6) is 5.75 Å². The van der Waals surface area contributed by atoms with Crippen molar-refractivity contribution in [2.24, 2.45) is 5.73 Å². The number of aromatic nitrogens is 4. The Kier molecular flexibility index (Phi) is 6.79. The molecule has 3 heterocycles. The number of carbonyl (C=O) groups excluding carboxylic acids is 1. The Morgan fingerprint density at radius 1 is 1.24 bits per heavy atom. The lowest BCUT2D eigenvalue weighted by molar-refractivity contribution is 0.0946. The number of aryl methyl sites for hydroxylation is 2. The second kappa shape index (κ2) is 9.91. The number of anilines is 1. The number of aromatic amines is 1. The molecule has 1 aromatic carbocycles. The van der Waals surface area contributed by atoms with Crippen LogP contribution in [0.25, 0.3) is 22.1 Å². The summed E-state index contributed by atoms with van der Waals surface area (Å²) in [5, 5.41) is 4.20. The lowest BCUT2D eigenvalue weighted by atomic mass is 10.0. The molecule has 0 aliphatic heterocycles. The van der Waals surface area contributed by atoms with Gasteiger partial charge in [-0.25, -0.2) is 9.97 Å². The molecule has 0 fully saturated rings. The molecule has 9 heteroatoms. The highest BCUT2D eigenvalue weighted by atomic mass is 16.5. The first-order valence-corrected chi connectivity index (χ1v) is 11.4. The first kappa shape index (κ1) is 22.6. The van der Waals surface area contributed by atoms with Crippen LogP contribution in [-0.4, -0.2) is 38.6 Å². The maximum absolute atomic E-state index is 13.0. The summed E-state index contributed by atoms with van der Waals surface area (Å²) in [5.74, 6) is 0.552. The number of benzene rings is 1. The number of nitrogens with zero attached hydrogens (tertiary/aromatic N) is 3. The van der Waals surface area contributed by atoms with Gasteiger partial charge in [-0.15, -0.1) is 0 Å². The molecular formula is C24H31N7O2. The second-order valence-electron chi connectivity index (χ2n) is 7.94. The van der Waals surface area contributed by atoms with Gasteiger partial charge < -0.3 is 31.1 Å². The molecule has 0 atom stereocenters. The fraction of sp³-hybridized carbons (Fsp3) is 0.375. The van der Waals surface area contributed by atoms with Gasteiger partial charge in [0, 0.05) is 36.4 Å². The summed E-state index contributed by atoms with van der Waals surface area (Å²) in [6.07, 6.45) is 4.81. The Morgan fingerprint density at radius 3 is 2.85 bits per heavy atom. The zero-order chi connectivity index (χ0) is 23.4. The number of nitrogens with two attached hydrogens (primary N) is 2. The maximum Gasteiger partial charge on any atom is 0.274 e. The zero-order valence-electron chi connectivity index (χ0n) is 19.1. The van der Waals surface area contributed by atoms with E-state index >= 15 is 0 Å². The minimum absolute atomic E-state index is 0.103. The number of nitrogens with one attached hydrogen (secondary N) is 2. The third-order valence-electron chi connectivity index (χ3n) is 5.78. The third-order valence-corrected chi connectivity index (χ3v) is 5.78. The number of H-pyrrole nitrogens is 1. The SMILES string of the molecule is CCCCc1c(CNC(=O)c2nc3cc[nH]c3nc2N)n(CC)c2cc(OCCN)ccc12. The van der Waals surface area contributed by atoms with Crippen molar-refractivity contribution in [1.82, 2.24) is 24.8 Å². The number of carbonyl (C=O) groups is 1. The summed E-state index contributed by atoms with van der Waals surface area (Å²) in [7, 11) is 0. The number of ether oxygens (including phenoxy) is 1. The second-order valence-corrected chi connectivity index (χ2v) is 7.94. The van der Waals surface area contributed by atoms with E-state index in [4.69, 9.17) is 16.2 Å². The molecule has 0 spiro atoms. The molecule has 33 heavy (non-hydrogen) atoms. The van der Waals surface area contributed by atoms with E-state index in [0.29, 0.717) is 30.9 Å². The molecule has 0 aliphatic carbocycles. The summed E-state index contributed by atoms with van der Waals surface area (Å²) < 4.78 is 7.99. The van der Waals surface area contributed by atoms with Crippen LogP contribution in [0.1, 0.15) is 48.4 Å². The molecule has 4 aromatic rings. The lowest BCUT2D eigenvalue weighted by Gasteiger charge is -2.12. The molecule has 1 amide bonds. The number of hydrogen-bond donors (Lipinski definition) is 4. The van der Waals surface area contributed by atoms with Crippen molar-refractivity contribution in [2.75, 3.05) is 18.9 Å². The van der Waals surface area contributed by atoms with Gasteiger partial charge in [0.15, 0.2) is 17.2 Å². The molecule has 6 N–H and O–H groups in total. The third kappa shape index (κ3) is 4.49. The van der Waals surface area contributed by atoms with Crippen LogP contribution in [0.4, 0.5) is 5.82 Å². The van der Waals surface area contributed by atoms with E-state index in [9.17, 15) is 4.79 Å². The predicted octanol–water partition coefficient (Wildman–Crippen LogP) is 3.12. The van der Waals surface area contributed by atoms with E-state index in [1.165, 1.54) is 10.9 Å². The molecular weight excluding hydrogens is 418 g/mol. The highest BCUT2D eigenvalue weighted by molar-refractivity contribution is 5.98. The predicted molar refractivity (Wildman–Crippen MR) is 130 cm³/mol. The van der Waals surface area contributed by atoms with E-state index < -0.39 is 0 Å². The molecule has 0 bridgehead atoms. The summed E-state index contributed by atoms with van der Waals surface area (Å²) in [5.41, 5.74) is 16.3. The number of fused-ring (bicyclic) bond motifs is 2. The van der Waals surface area contributed by atoms with Gasteiger partial charge in [0.05, 0.1) is 12.1 Å². The molecule has 0 saturated carbocycles. The van der Waals surface area contributed by atoms with Crippen molar-refractivity contribution < 1.29 is 9.53 Å². The van der Waals surface area contributed by atoms with Gasteiger partial charge in [0.1, 0.15) is 17.9 Å². The van der Waals surface area contributed by atoms with Crippen LogP contribution >= 0.6 is 0 Å². The van der Waals surface area contributed by atoms with Crippen LogP contribution in [0, 0.1) is 0 Å². The van der Waals surface area contributed by atoms with E-state index in [2.05, 4.69) is 50.8 Å². The van der Waals surface area contributed by atoms with Crippen LogP contribution in [0.3, 0.4) is 0 Å². The fourth-order valence-corrected chi connectivity index (χ4v) is 4.21. The van der Waals surface area contributed by atoms with E-state index in [1.54, 1.807) is 12.3 Å². The number of hydrogen-bond acceptors (Lipinski definition) is 6. The molecule has 0 saturated heterocycles. The van der Waals surface area contributed by atoms with Gasteiger partial charge in [-0.2, -0.15) is 0 Å². The monoisotopic (exact) mass is 449 g/mol. The molecule has 9 nitrogen and oxygen atoms in total. The van der Waals surface area contributed by atoms with Crippen molar-refractivity contribution in [3.63, 3.8) is 0 Å². The summed E-state index contributed by atoms with van der Waals surface area (Å²) in [4.78, 5) is 24.5. The van der Waals surface area contributed by atoms with Crippen molar-refractivity contribution in [2.45, 2.75) is 46.2 Å². The van der Waals surface area contributed by atoms with Gasteiger partial charge in [-0.05, 0) is 43.5 Å². The highest BCUT2D eigenvalue weighted by Crippen LogP contribution is 2.31. The van der Waals surface area contributed by atoms with Crippen molar-refractivity contribution in [3.05, 3.63) is 47.4 Å². The Balaban J connectivity index is 1.67. The number of rotatable bonds is 10. The molecule has 0 unspecified atom stereocenters. The number of amides is 1. The Bertz CT molecular complexity index is 1280. The Morgan fingerprint density at radius 2 is 2.09 bits per heavy atom. The highest BCUT2D eigenvalue weighted by Gasteiger charge is 2.20. The van der Waals surface area contributed by atoms with E-state index in [-0.39, 0.29) is 17.4 Å². The van der Waals surface area contributed by atoms with Gasteiger partial charge in [0.2, 0.25) is 0 Å². The average Bonchev–Trinajstić information content (AvgIpc) is 3.39. The van der Waals surface area contributed by atoms with E-state index in [1.807, 2.05) is 6.07 Å². The van der Waals surface area contributed by atoms with Gasteiger partial charge in [0.25, 0.3) is 5.91 Å². The summed E-state index contributed by atoms with van der Waals surface area (Å²) >= 11 is 0. The van der Waals surface area contributed by atoms with Crippen LogP contribution < -0.4 is 21.5 Å².